The maximum Gasteiger partial charge on any atom is 0.417 e. The molecule has 0 bridgehead atoms. The molecule has 0 aliphatic heterocycles. The van der Waals surface area contributed by atoms with Crippen molar-refractivity contribution in [3.05, 3.63) is 59.8 Å². The topological polar surface area (TPSA) is 143 Å². The highest BCUT2D eigenvalue weighted by atomic mass is 19.4. The lowest BCUT2D eigenvalue weighted by Gasteiger charge is -2.21. The van der Waals surface area contributed by atoms with Gasteiger partial charge in [-0.1, -0.05) is 37.6 Å². The van der Waals surface area contributed by atoms with Crippen LogP contribution in [-0.4, -0.2) is 47.4 Å². The lowest BCUT2D eigenvalue weighted by molar-refractivity contribution is -0.138. The smallest absolute Gasteiger partial charge is 0.417 e. The van der Waals surface area contributed by atoms with E-state index in [4.69, 9.17) is 10.5 Å². The number of aromatic nitrogens is 1. The van der Waals surface area contributed by atoms with Gasteiger partial charge in [0.25, 0.3) is 5.91 Å². The van der Waals surface area contributed by atoms with E-state index in [9.17, 15) is 32.3 Å². The van der Waals surface area contributed by atoms with Crippen LogP contribution in [0.3, 0.4) is 0 Å². The highest BCUT2D eigenvalue weighted by Gasteiger charge is 2.33. The Kier molecular flexibility index (Phi) is 11.1. The van der Waals surface area contributed by atoms with Crippen LogP contribution in [0.4, 0.5) is 13.2 Å². The van der Waals surface area contributed by atoms with Crippen molar-refractivity contribution in [3.63, 3.8) is 0 Å². The van der Waals surface area contributed by atoms with Crippen LogP contribution in [0.25, 0.3) is 11.3 Å². The molecule has 0 aliphatic rings. The lowest BCUT2D eigenvalue weighted by Crippen LogP contribution is -2.49. The van der Waals surface area contributed by atoms with Gasteiger partial charge in [-0.05, 0) is 38.0 Å². The molecule has 0 saturated heterocycles. The third-order valence-corrected chi connectivity index (χ3v) is 5.43. The van der Waals surface area contributed by atoms with Gasteiger partial charge in [-0.3, -0.25) is 14.4 Å². The molecule has 12 heteroatoms. The predicted molar refractivity (Wildman–Crippen MR) is 134 cm³/mol. The SMILES string of the molecule is CCC[C@@H](NC(=O)c1ccc(-c2ccccc2C(F)(F)F)[nH]1)C(=O)N[C@@H](/C=C/C(=O)OCC)CCC(N)=O. The minimum Gasteiger partial charge on any atom is -0.463 e. The molecule has 0 saturated carbocycles. The van der Waals surface area contributed by atoms with E-state index in [1.807, 2.05) is 0 Å². The second kappa shape index (κ2) is 14.0. The molecule has 2 rings (SSSR count). The zero-order chi connectivity index (χ0) is 28.3. The molecule has 3 amide bonds. The Balaban J connectivity index is 2.17. The first-order valence-electron chi connectivity index (χ1n) is 12.1. The number of rotatable bonds is 13. The average molecular weight is 537 g/mol. The van der Waals surface area contributed by atoms with Crippen LogP contribution in [0.15, 0.2) is 48.6 Å². The van der Waals surface area contributed by atoms with Gasteiger partial charge >= 0.3 is 12.1 Å². The molecule has 1 aromatic carbocycles. The fourth-order valence-electron chi connectivity index (χ4n) is 3.63. The number of amides is 3. The number of primary amides is 1. The second-order valence-corrected chi connectivity index (χ2v) is 8.37. The largest absolute Gasteiger partial charge is 0.463 e. The molecule has 2 aromatic rings. The molecule has 5 N–H and O–H groups in total. The normalized spacial score (nSPS) is 13.1. The first-order chi connectivity index (χ1) is 18.0. The van der Waals surface area contributed by atoms with E-state index in [-0.39, 0.29) is 42.8 Å². The zero-order valence-electron chi connectivity index (χ0n) is 21.1. The van der Waals surface area contributed by atoms with Gasteiger partial charge in [-0.2, -0.15) is 13.2 Å². The van der Waals surface area contributed by atoms with Gasteiger partial charge < -0.3 is 26.1 Å². The number of carbonyl (C=O) groups excluding carboxylic acids is 4. The first kappa shape index (κ1) is 30.1. The summed E-state index contributed by atoms with van der Waals surface area (Å²) in [6.07, 6.45) is -1.25. The number of aromatic amines is 1. The maximum absolute atomic E-state index is 13.4. The van der Waals surface area contributed by atoms with Crippen LogP contribution < -0.4 is 16.4 Å². The minimum atomic E-state index is -4.58. The Morgan fingerprint density at radius 1 is 1.05 bits per heavy atom. The Labute approximate surface area is 218 Å². The number of alkyl halides is 3. The summed E-state index contributed by atoms with van der Waals surface area (Å²) in [6.45, 7) is 3.60. The van der Waals surface area contributed by atoms with E-state index in [0.29, 0.717) is 6.42 Å². The Morgan fingerprint density at radius 3 is 2.39 bits per heavy atom. The van der Waals surface area contributed by atoms with Gasteiger partial charge in [0.1, 0.15) is 11.7 Å². The van der Waals surface area contributed by atoms with Gasteiger partial charge in [0.05, 0.1) is 12.2 Å². The van der Waals surface area contributed by atoms with Crippen molar-refractivity contribution in [2.45, 2.75) is 57.8 Å². The molecule has 206 valence electrons. The van der Waals surface area contributed by atoms with Gasteiger partial charge in [0, 0.05) is 29.8 Å². The number of hydrogen-bond donors (Lipinski definition) is 4. The summed E-state index contributed by atoms with van der Waals surface area (Å²) >= 11 is 0. The molecule has 1 aromatic heterocycles. The fourth-order valence-corrected chi connectivity index (χ4v) is 3.63. The zero-order valence-corrected chi connectivity index (χ0v) is 21.1. The molecular formula is C26H31F3N4O5. The fraction of sp³-hybridized carbons (Fsp3) is 0.385. The third kappa shape index (κ3) is 9.09. The van der Waals surface area contributed by atoms with Crippen LogP contribution in [0.5, 0.6) is 0 Å². The molecule has 1 heterocycles. The molecule has 0 aliphatic carbocycles. The van der Waals surface area contributed by atoms with Crippen LogP contribution >= 0.6 is 0 Å². The highest BCUT2D eigenvalue weighted by Crippen LogP contribution is 2.36. The van der Waals surface area contributed by atoms with Gasteiger partial charge in [0.15, 0.2) is 0 Å². The Morgan fingerprint density at radius 2 is 1.76 bits per heavy atom. The van der Waals surface area contributed by atoms with Crippen molar-refractivity contribution in [3.8, 4) is 11.3 Å². The maximum atomic E-state index is 13.4. The number of nitrogens with two attached hydrogens (primary N) is 1. The van der Waals surface area contributed by atoms with Crippen molar-refractivity contribution in [2.24, 2.45) is 5.73 Å². The second-order valence-electron chi connectivity index (χ2n) is 8.37. The van der Waals surface area contributed by atoms with E-state index < -0.39 is 47.5 Å². The van der Waals surface area contributed by atoms with Crippen LogP contribution in [0.2, 0.25) is 0 Å². The van der Waals surface area contributed by atoms with Crippen molar-refractivity contribution in [2.75, 3.05) is 6.61 Å². The minimum absolute atomic E-state index is 0.0293. The lowest BCUT2D eigenvalue weighted by atomic mass is 10.0. The van der Waals surface area contributed by atoms with Crippen LogP contribution in [-0.2, 0) is 25.3 Å². The van der Waals surface area contributed by atoms with E-state index in [1.54, 1.807) is 13.8 Å². The molecule has 38 heavy (non-hydrogen) atoms. The number of nitrogens with one attached hydrogen (secondary N) is 3. The van der Waals surface area contributed by atoms with Crippen molar-refractivity contribution < 1.29 is 37.1 Å². The van der Waals surface area contributed by atoms with Gasteiger partial charge in [0.2, 0.25) is 11.8 Å². The number of halogens is 3. The van der Waals surface area contributed by atoms with Crippen LogP contribution in [0.1, 0.15) is 55.6 Å². The molecule has 0 unspecified atom stereocenters. The quantitative estimate of drug-likeness (QED) is 0.229. The number of ether oxygens (including phenoxy) is 1. The molecule has 0 spiro atoms. The monoisotopic (exact) mass is 536 g/mol. The van der Waals surface area contributed by atoms with Gasteiger partial charge in [-0.15, -0.1) is 0 Å². The summed E-state index contributed by atoms with van der Waals surface area (Å²) in [5, 5.41) is 5.26. The summed E-state index contributed by atoms with van der Waals surface area (Å²) < 4.78 is 45.0. The molecular weight excluding hydrogens is 505 g/mol. The van der Waals surface area contributed by atoms with E-state index >= 15 is 0 Å². The van der Waals surface area contributed by atoms with Crippen molar-refractivity contribution in [1.82, 2.24) is 15.6 Å². The first-order valence-corrected chi connectivity index (χ1v) is 12.1. The number of hydrogen-bond acceptors (Lipinski definition) is 5. The van der Waals surface area contributed by atoms with Crippen LogP contribution in [0, 0.1) is 0 Å². The summed E-state index contributed by atoms with van der Waals surface area (Å²) in [5.74, 6) is -2.48. The Hall–Kier alpha value is -4.09. The van der Waals surface area contributed by atoms with E-state index in [2.05, 4.69) is 15.6 Å². The summed E-state index contributed by atoms with van der Waals surface area (Å²) in [5.41, 5.74) is 4.29. The predicted octanol–water partition coefficient (Wildman–Crippen LogP) is 3.47. The van der Waals surface area contributed by atoms with E-state index in [0.717, 1.165) is 12.1 Å². The number of esters is 1. The number of carbonyl (C=O) groups is 4. The summed E-state index contributed by atoms with van der Waals surface area (Å²) in [7, 11) is 0. The standard InChI is InChI=1S/C26H31F3N4O5/c1-3-7-20(24(36)31-16(10-14-22(30)34)11-15-23(35)38-4-2)33-25(37)21-13-12-19(32-21)17-8-5-6-9-18(17)26(27,28)29/h5-6,8-9,11-13,15-16,20,32H,3-4,7,10,14H2,1-2H3,(H2,30,34)(H,31,36)(H,33,37)/b15-11+/t16-,20-/m1/s1. The Bertz CT molecular complexity index is 1160. The molecule has 0 fully saturated rings. The van der Waals surface area contributed by atoms with E-state index in [1.165, 1.54) is 36.4 Å². The summed E-state index contributed by atoms with van der Waals surface area (Å²) in [6, 6.07) is 5.92. The molecule has 0 radical (unpaired) electrons. The average Bonchev–Trinajstić information content (AvgIpc) is 3.35. The van der Waals surface area contributed by atoms with Gasteiger partial charge in [-0.25, -0.2) is 4.79 Å². The third-order valence-electron chi connectivity index (χ3n) is 5.43. The number of benzene rings is 1. The van der Waals surface area contributed by atoms with Crippen molar-refractivity contribution >= 4 is 23.7 Å². The van der Waals surface area contributed by atoms with Crippen molar-refractivity contribution in [1.29, 1.82) is 0 Å². The molecule has 2 atom stereocenters. The number of H-pyrrole nitrogens is 1. The highest BCUT2D eigenvalue weighted by molar-refractivity contribution is 5.97. The summed E-state index contributed by atoms with van der Waals surface area (Å²) in [4.78, 5) is 51.4. The molecule has 9 nitrogen and oxygen atoms in total.